The summed E-state index contributed by atoms with van der Waals surface area (Å²) in [6.45, 7) is 0. The zero-order valence-electron chi connectivity index (χ0n) is 6.56. The van der Waals surface area contributed by atoms with E-state index in [1.807, 2.05) is 0 Å². The lowest BCUT2D eigenvalue weighted by Crippen LogP contribution is -2.11. The van der Waals surface area contributed by atoms with Gasteiger partial charge in [0.25, 0.3) is 0 Å². The average Bonchev–Trinajstić information content (AvgIpc) is 2.03. The number of rotatable bonds is 2. The summed E-state index contributed by atoms with van der Waals surface area (Å²) in [4.78, 5) is 10.1. The molecule has 1 radical (unpaired) electrons. The molecule has 0 amide bonds. The van der Waals surface area contributed by atoms with Crippen LogP contribution in [0, 0.1) is 0 Å². The van der Waals surface area contributed by atoms with Gasteiger partial charge in [-0.2, -0.15) is 13.2 Å². The third-order valence-electron chi connectivity index (χ3n) is 1.48. The second kappa shape index (κ2) is 3.60. The molecule has 13 heavy (non-hydrogen) atoms. The third-order valence-corrected chi connectivity index (χ3v) is 1.48. The van der Waals surface area contributed by atoms with E-state index in [4.69, 9.17) is 0 Å². The van der Waals surface area contributed by atoms with Crippen molar-refractivity contribution in [2.24, 2.45) is 0 Å². The van der Waals surface area contributed by atoms with E-state index in [0.717, 1.165) is 0 Å². The Bertz CT molecular complexity index is 287. The predicted octanol–water partition coefficient (Wildman–Crippen LogP) is 2.25. The maximum atomic E-state index is 11.8. The largest absolute Gasteiger partial charge is 0.393 e. The van der Waals surface area contributed by atoms with Gasteiger partial charge in [-0.25, -0.2) is 0 Å². The fraction of sp³-hybridized carbons (Fsp3) is 0.222. The van der Waals surface area contributed by atoms with E-state index in [0.29, 0.717) is 0 Å². The SMILES string of the molecule is O=[C]c1ccc(CC(F)(F)F)cc1. The number of hydrogen-bond donors (Lipinski definition) is 0. The maximum Gasteiger partial charge on any atom is 0.393 e. The summed E-state index contributed by atoms with van der Waals surface area (Å²) < 4.78 is 35.5. The molecule has 4 heteroatoms. The Morgan fingerprint density at radius 3 is 2.08 bits per heavy atom. The van der Waals surface area contributed by atoms with Gasteiger partial charge in [-0.1, -0.05) is 24.3 Å². The summed E-state index contributed by atoms with van der Waals surface area (Å²) in [5.41, 5.74) is 0.400. The van der Waals surface area contributed by atoms with Gasteiger partial charge < -0.3 is 0 Å². The Morgan fingerprint density at radius 2 is 1.69 bits per heavy atom. The van der Waals surface area contributed by atoms with Gasteiger partial charge in [-0.15, -0.1) is 0 Å². The van der Waals surface area contributed by atoms with Crippen LogP contribution in [-0.4, -0.2) is 12.5 Å². The molecule has 69 valence electrons. The number of hydrogen-bond acceptors (Lipinski definition) is 1. The first-order valence-corrected chi connectivity index (χ1v) is 3.55. The minimum absolute atomic E-state index is 0.145. The summed E-state index contributed by atoms with van der Waals surface area (Å²) in [7, 11) is 0. The molecule has 0 bridgehead atoms. The Balaban J connectivity index is 2.75. The number of benzene rings is 1. The van der Waals surface area contributed by atoms with Gasteiger partial charge in [-0.3, -0.25) is 4.79 Å². The van der Waals surface area contributed by atoms with Crippen LogP contribution in [0.3, 0.4) is 0 Å². The van der Waals surface area contributed by atoms with Gasteiger partial charge in [0.15, 0.2) is 0 Å². The van der Waals surface area contributed by atoms with E-state index in [1.54, 1.807) is 6.29 Å². The third kappa shape index (κ3) is 3.27. The van der Waals surface area contributed by atoms with Crippen molar-refractivity contribution in [2.75, 3.05) is 0 Å². The van der Waals surface area contributed by atoms with Crippen LogP contribution in [0.15, 0.2) is 24.3 Å². The van der Waals surface area contributed by atoms with Crippen LogP contribution < -0.4 is 0 Å². The van der Waals surface area contributed by atoms with Gasteiger partial charge in [0.1, 0.15) is 0 Å². The highest BCUT2D eigenvalue weighted by molar-refractivity contribution is 5.75. The molecule has 0 unspecified atom stereocenters. The quantitative estimate of drug-likeness (QED) is 0.693. The topological polar surface area (TPSA) is 17.1 Å². The first-order valence-electron chi connectivity index (χ1n) is 3.55. The maximum absolute atomic E-state index is 11.8. The molecule has 0 heterocycles. The Hall–Kier alpha value is -1.32. The number of carbonyl (C=O) groups excluding carboxylic acids is 1. The van der Waals surface area contributed by atoms with Crippen LogP contribution in [0.4, 0.5) is 13.2 Å². The van der Waals surface area contributed by atoms with Crippen molar-refractivity contribution < 1.29 is 18.0 Å². The van der Waals surface area contributed by atoms with Crippen molar-refractivity contribution in [3.05, 3.63) is 35.4 Å². The minimum Gasteiger partial charge on any atom is -0.285 e. The fourth-order valence-corrected chi connectivity index (χ4v) is 0.922. The molecule has 0 aliphatic heterocycles. The number of halogens is 3. The first-order chi connectivity index (χ1) is 6.01. The van der Waals surface area contributed by atoms with Crippen LogP contribution in [0.25, 0.3) is 0 Å². The summed E-state index contributed by atoms with van der Waals surface area (Å²) >= 11 is 0. The van der Waals surface area contributed by atoms with Crippen molar-refractivity contribution in [3.63, 3.8) is 0 Å². The van der Waals surface area contributed by atoms with Crippen molar-refractivity contribution in [2.45, 2.75) is 12.6 Å². The lowest BCUT2D eigenvalue weighted by molar-refractivity contribution is -0.127. The lowest BCUT2D eigenvalue weighted by atomic mass is 10.1. The molecule has 0 fully saturated rings. The van der Waals surface area contributed by atoms with Crippen LogP contribution in [0.5, 0.6) is 0 Å². The molecule has 1 nitrogen and oxygen atoms in total. The monoisotopic (exact) mass is 187 g/mol. The molecule has 0 saturated heterocycles. The second-order valence-corrected chi connectivity index (χ2v) is 2.59. The summed E-state index contributed by atoms with van der Waals surface area (Å²) in [6, 6.07) is 5.17. The zero-order valence-corrected chi connectivity index (χ0v) is 6.56. The highest BCUT2D eigenvalue weighted by Gasteiger charge is 2.27. The second-order valence-electron chi connectivity index (χ2n) is 2.59. The zero-order chi connectivity index (χ0) is 9.90. The van der Waals surface area contributed by atoms with Crippen LogP contribution in [-0.2, 0) is 11.2 Å². The highest BCUT2D eigenvalue weighted by atomic mass is 19.4. The predicted molar refractivity (Wildman–Crippen MR) is 41.0 cm³/mol. The van der Waals surface area contributed by atoms with Gasteiger partial charge in [0.2, 0.25) is 6.29 Å². The van der Waals surface area contributed by atoms with E-state index in [9.17, 15) is 18.0 Å². The van der Waals surface area contributed by atoms with Gasteiger partial charge in [-0.05, 0) is 5.56 Å². The highest BCUT2D eigenvalue weighted by Crippen LogP contribution is 2.20. The van der Waals surface area contributed by atoms with Crippen molar-refractivity contribution in [3.8, 4) is 0 Å². The van der Waals surface area contributed by atoms with Crippen LogP contribution in [0.1, 0.15) is 11.1 Å². The lowest BCUT2D eigenvalue weighted by Gasteiger charge is -2.05. The molecule has 1 aromatic rings. The van der Waals surface area contributed by atoms with Crippen molar-refractivity contribution >= 4 is 6.29 Å². The van der Waals surface area contributed by atoms with E-state index >= 15 is 0 Å². The van der Waals surface area contributed by atoms with Crippen molar-refractivity contribution in [1.82, 2.24) is 0 Å². The molecule has 1 rings (SSSR count). The normalized spacial score (nSPS) is 11.3. The Labute approximate surface area is 73.2 Å². The van der Waals surface area contributed by atoms with E-state index in [-0.39, 0.29) is 11.1 Å². The van der Waals surface area contributed by atoms with Gasteiger partial charge in [0, 0.05) is 5.56 Å². The van der Waals surface area contributed by atoms with Crippen LogP contribution in [0.2, 0.25) is 0 Å². The minimum atomic E-state index is -4.20. The van der Waals surface area contributed by atoms with E-state index in [2.05, 4.69) is 0 Å². The smallest absolute Gasteiger partial charge is 0.285 e. The van der Waals surface area contributed by atoms with E-state index in [1.165, 1.54) is 24.3 Å². The molecular formula is C9H6F3O. The summed E-state index contributed by atoms with van der Waals surface area (Å²) in [5, 5.41) is 0. The molecule has 0 aromatic heterocycles. The van der Waals surface area contributed by atoms with E-state index < -0.39 is 12.6 Å². The molecular weight excluding hydrogens is 181 g/mol. The molecule has 1 aromatic carbocycles. The van der Waals surface area contributed by atoms with Gasteiger partial charge >= 0.3 is 6.18 Å². The first kappa shape index (κ1) is 9.77. The Kier molecular flexibility index (Phi) is 2.70. The molecule has 0 aliphatic rings. The fourth-order valence-electron chi connectivity index (χ4n) is 0.922. The van der Waals surface area contributed by atoms with Crippen LogP contribution >= 0.6 is 0 Å². The van der Waals surface area contributed by atoms with Crippen molar-refractivity contribution in [1.29, 1.82) is 0 Å². The molecule has 0 aliphatic carbocycles. The molecule has 0 N–H and O–H groups in total. The summed E-state index contributed by atoms with van der Waals surface area (Å²) in [5.74, 6) is 0. The molecule has 0 atom stereocenters. The molecule has 0 spiro atoms. The van der Waals surface area contributed by atoms with Gasteiger partial charge in [0.05, 0.1) is 6.42 Å². The number of alkyl halides is 3. The average molecular weight is 187 g/mol. The Morgan fingerprint density at radius 1 is 1.15 bits per heavy atom. The summed E-state index contributed by atoms with van der Waals surface area (Å²) in [6.07, 6.45) is -3.58. The molecule has 0 saturated carbocycles. The standard InChI is InChI=1S/C9H6F3O/c10-9(11,12)5-7-1-3-8(6-13)4-2-7/h1-4H,5H2.